The fourth-order valence-electron chi connectivity index (χ4n) is 2.00. The molecule has 0 atom stereocenters. The first-order valence-corrected chi connectivity index (χ1v) is 4.68. The van der Waals surface area contributed by atoms with Crippen molar-refractivity contribution in [2.45, 2.75) is 25.7 Å². The van der Waals surface area contributed by atoms with Crippen LogP contribution in [0.3, 0.4) is 0 Å². The number of benzene rings is 1. The van der Waals surface area contributed by atoms with Gasteiger partial charge in [0.2, 0.25) is 0 Å². The Morgan fingerprint density at radius 2 is 1.86 bits per heavy atom. The van der Waals surface area contributed by atoms with Crippen LogP contribution in [0.25, 0.3) is 0 Å². The topological polar surface area (TPSA) is 63.4 Å². The molecular weight excluding hydrogens is 182 g/mol. The summed E-state index contributed by atoms with van der Waals surface area (Å²) in [6.07, 6.45) is 3.43. The first-order valence-electron chi connectivity index (χ1n) is 4.68. The first kappa shape index (κ1) is 8.99. The highest BCUT2D eigenvalue weighted by molar-refractivity contribution is 5.52. The maximum absolute atomic E-state index is 10.7. The van der Waals surface area contributed by atoms with Gasteiger partial charge in [0.05, 0.1) is 4.92 Å². The Morgan fingerprint density at radius 1 is 1.21 bits per heavy atom. The van der Waals surface area contributed by atoms with Gasteiger partial charge in [-0.05, 0) is 31.7 Å². The molecule has 0 radical (unpaired) electrons. The number of aromatic hydroxyl groups is 1. The number of nitro groups is 1. The number of fused-ring (bicyclic) bond motifs is 1. The molecule has 0 saturated carbocycles. The van der Waals surface area contributed by atoms with Gasteiger partial charge in [-0.3, -0.25) is 10.1 Å². The lowest BCUT2D eigenvalue weighted by Crippen LogP contribution is -2.06. The van der Waals surface area contributed by atoms with Crippen molar-refractivity contribution < 1.29 is 10.0 Å². The predicted molar refractivity (Wildman–Crippen MR) is 51.4 cm³/mol. The van der Waals surface area contributed by atoms with Crippen LogP contribution in [-0.4, -0.2) is 10.0 Å². The minimum absolute atomic E-state index is 0.150. The van der Waals surface area contributed by atoms with Crippen LogP contribution in [0.4, 0.5) is 5.69 Å². The second kappa shape index (κ2) is 3.29. The summed E-state index contributed by atoms with van der Waals surface area (Å²) in [5.74, 6) is 0.199. The lowest BCUT2D eigenvalue weighted by atomic mass is 9.90. The molecule has 0 aromatic heterocycles. The largest absolute Gasteiger partial charge is 0.508 e. The molecule has 74 valence electrons. The van der Waals surface area contributed by atoms with Gasteiger partial charge in [0, 0.05) is 17.2 Å². The van der Waals surface area contributed by atoms with E-state index in [1.807, 2.05) is 0 Å². The van der Waals surface area contributed by atoms with E-state index in [1.165, 1.54) is 12.1 Å². The van der Waals surface area contributed by atoms with Gasteiger partial charge in [-0.25, -0.2) is 0 Å². The van der Waals surface area contributed by atoms with Crippen molar-refractivity contribution in [2.75, 3.05) is 0 Å². The van der Waals surface area contributed by atoms with Crippen molar-refractivity contribution in [2.24, 2.45) is 0 Å². The van der Waals surface area contributed by atoms with Crippen molar-refractivity contribution in [1.82, 2.24) is 0 Å². The number of nitrogens with zero attached hydrogens (tertiary/aromatic N) is 1. The summed E-state index contributed by atoms with van der Waals surface area (Å²) in [4.78, 5) is 10.3. The van der Waals surface area contributed by atoms with Gasteiger partial charge in [-0.2, -0.15) is 0 Å². The van der Waals surface area contributed by atoms with E-state index in [1.54, 1.807) is 0 Å². The maximum atomic E-state index is 10.7. The molecule has 0 unspecified atom stereocenters. The first-order chi connectivity index (χ1) is 6.70. The number of phenolic OH excluding ortho intramolecular Hbond substituents is 1. The lowest BCUT2D eigenvalue weighted by Gasteiger charge is -2.16. The third-order valence-corrected chi connectivity index (χ3v) is 2.68. The highest BCUT2D eigenvalue weighted by atomic mass is 16.6. The van der Waals surface area contributed by atoms with Crippen LogP contribution < -0.4 is 0 Å². The highest BCUT2D eigenvalue weighted by Gasteiger charge is 2.22. The Hall–Kier alpha value is -1.58. The van der Waals surface area contributed by atoms with Crippen molar-refractivity contribution in [1.29, 1.82) is 0 Å². The van der Waals surface area contributed by atoms with Gasteiger partial charge in [0.15, 0.2) is 0 Å². The number of nitro benzene ring substituents is 1. The minimum Gasteiger partial charge on any atom is -0.508 e. The standard InChI is InChI=1S/C10H11NO3/c12-10-6-5-9(11(13)14)7-3-1-2-4-8(7)10/h5-6,12H,1-4H2. The Labute approximate surface area is 81.3 Å². The summed E-state index contributed by atoms with van der Waals surface area (Å²) in [7, 11) is 0. The molecule has 14 heavy (non-hydrogen) atoms. The van der Waals surface area contributed by atoms with E-state index in [-0.39, 0.29) is 16.4 Å². The zero-order valence-electron chi connectivity index (χ0n) is 7.69. The van der Waals surface area contributed by atoms with E-state index in [9.17, 15) is 15.2 Å². The Balaban J connectivity index is 2.59. The average molecular weight is 193 g/mol. The fourth-order valence-corrected chi connectivity index (χ4v) is 2.00. The minimum atomic E-state index is -0.371. The molecule has 2 rings (SSSR count). The van der Waals surface area contributed by atoms with Gasteiger partial charge < -0.3 is 5.11 Å². The number of hydrogen-bond acceptors (Lipinski definition) is 3. The summed E-state index contributed by atoms with van der Waals surface area (Å²) < 4.78 is 0. The zero-order valence-corrected chi connectivity index (χ0v) is 7.69. The Kier molecular flexibility index (Phi) is 2.11. The van der Waals surface area contributed by atoms with Crippen LogP contribution in [0.1, 0.15) is 24.0 Å². The Bertz CT molecular complexity index is 387. The molecule has 1 aliphatic rings. The normalized spacial score (nSPS) is 14.9. The van der Waals surface area contributed by atoms with Gasteiger partial charge in [-0.1, -0.05) is 0 Å². The molecule has 0 amide bonds. The van der Waals surface area contributed by atoms with Gasteiger partial charge in [0.25, 0.3) is 5.69 Å². The number of hydrogen-bond donors (Lipinski definition) is 1. The van der Waals surface area contributed by atoms with Gasteiger partial charge >= 0.3 is 0 Å². The molecular formula is C10H11NO3. The van der Waals surface area contributed by atoms with E-state index in [2.05, 4.69) is 0 Å². The fraction of sp³-hybridized carbons (Fsp3) is 0.400. The molecule has 0 aliphatic heterocycles. The van der Waals surface area contributed by atoms with Crippen molar-refractivity contribution >= 4 is 5.69 Å². The maximum Gasteiger partial charge on any atom is 0.273 e. The predicted octanol–water partition coefficient (Wildman–Crippen LogP) is 2.18. The molecule has 1 aromatic rings. The van der Waals surface area contributed by atoms with E-state index in [0.717, 1.165) is 30.4 Å². The monoisotopic (exact) mass is 193 g/mol. The van der Waals surface area contributed by atoms with Crippen molar-refractivity contribution in [3.8, 4) is 5.75 Å². The summed E-state index contributed by atoms with van der Waals surface area (Å²) in [5, 5.41) is 20.2. The molecule has 1 N–H and O–H groups in total. The van der Waals surface area contributed by atoms with Crippen LogP contribution >= 0.6 is 0 Å². The second-order valence-electron chi connectivity index (χ2n) is 3.53. The number of rotatable bonds is 1. The average Bonchev–Trinajstić information content (AvgIpc) is 2.18. The molecule has 1 aromatic carbocycles. The van der Waals surface area contributed by atoms with Gasteiger partial charge in [-0.15, -0.1) is 0 Å². The summed E-state index contributed by atoms with van der Waals surface area (Å²) in [6, 6.07) is 2.81. The molecule has 0 heterocycles. The third-order valence-electron chi connectivity index (χ3n) is 2.68. The van der Waals surface area contributed by atoms with Crippen molar-refractivity contribution in [3.63, 3.8) is 0 Å². The quantitative estimate of drug-likeness (QED) is 0.549. The molecule has 0 fully saturated rings. The Morgan fingerprint density at radius 3 is 2.50 bits per heavy atom. The molecule has 0 spiro atoms. The molecule has 0 saturated heterocycles. The molecule has 0 bridgehead atoms. The van der Waals surface area contributed by atoms with Gasteiger partial charge in [0.1, 0.15) is 5.75 Å². The van der Waals surface area contributed by atoms with Crippen LogP contribution in [0.15, 0.2) is 12.1 Å². The van der Waals surface area contributed by atoms with Crippen molar-refractivity contribution in [3.05, 3.63) is 33.4 Å². The third kappa shape index (κ3) is 1.32. The van der Waals surface area contributed by atoms with E-state index in [4.69, 9.17) is 0 Å². The lowest BCUT2D eigenvalue weighted by molar-refractivity contribution is -0.385. The van der Waals surface area contributed by atoms with E-state index < -0.39 is 0 Å². The van der Waals surface area contributed by atoms with Crippen LogP contribution in [0, 0.1) is 10.1 Å². The summed E-state index contributed by atoms with van der Waals surface area (Å²) in [6.45, 7) is 0. The molecule has 4 nitrogen and oxygen atoms in total. The molecule has 4 heteroatoms. The van der Waals surface area contributed by atoms with E-state index >= 15 is 0 Å². The second-order valence-corrected chi connectivity index (χ2v) is 3.53. The SMILES string of the molecule is O=[N+]([O-])c1ccc(O)c2c1CCCC2. The molecule has 1 aliphatic carbocycles. The van der Waals surface area contributed by atoms with E-state index in [0.29, 0.717) is 6.42 Å². The summed E-state index contributed by atoms with van der Waals surface area (Å²) >= 11 is 0. The zero-order chi connectivity index (χ0) is 10.1. The van der Waals surface area contributed by atoms with Crippen LogP contribution in [-0.2, 0) is 12.8 Å². The smallest absolute Gasteiger partial charge is 0.273 e. The van der Waals surface area contributed by atoms with Crippen LogP contribution in [0.2, 0.25) is 0 Å². The summed E-state index contributed by atoms with van der Waals surface area (Å²) in [5.41, 5.74) is 1.64. The number of phenols is 1. The highest BCUT2D eigenvalue weighted by Crippen LogP contribution is 2.34. The van der Waals surface area contributed by atoms with Crippen LogP contribution in [0.5, 0.6) is 5.75 Å².